The van der Waals surface area contributed by atoms with Gasteiger partial charge in [0, 0.05) is 37.3 Å². The third kappa shape index (κ3) is 5.14. The maximum atomic E-state index is 12.3. The second-order valence-corrected chi connectivity index (χ2v) is 6.09. The fraction of sp³-hybridized carbons (Fsp3) is 0.400. The summed E-state index contributed by atoms with van der Waals surface area (Å²) in [6.07, 6.45) is 2.12. The second-order valence-electron chi connectivity index (χ2n) is 5.23. The van der Waals surface area contributed by atoms with Crippen molar-refractivity contribution in [2.45, 2.75) is 19.4 Å². The van der Waals surface area contributed by atoms with Gasteiger partial charge in [-0.2, -0.15) is 0 Å². The van der Waals surface area contributed by atoms with Crippen LogP contribution in [0.5, 0.6) is 0 Å². The minimum absolute atomic E-state index is 0. The Hall–Kier alpha value is -1.21. The van der Waals surface area contributed by atoms with Crippen molar-refractivity contribution in [1.29, 1.82) is 0 Å². The fourth-order valence-corrected chi connectivity index (χ4v) is 3.22. The monoisotopic (exact) mass is 374 g/mol. The summed E-state index contributed by atoms with van der Waals surface area (Å²) in [7, 11) is 0. The summed E-state index contributed by atoms with van der Waals surface area (Å²) < 4.78 is 0. The quantitative estimate of drug-likeness (QED) is 0.895. The number of hydrogen-bond donors (Lipinski definition) is 1. The maximum Gasteiger partial charge on any atom is 0.228 e. The molecule has 1 amide bonds. The fourth-order valence-electron chi connectivity index (χ4n) is 2.42. The highest BCUT2D eigenvalue weighted by molar-refractivity contribution is 7.13. The molecule has 3 heterocycles. The highest BCUT2D eigenvalue weighted by Gasteiger charge is 2.21. The third-order valence-corrected chi connectivity index (χ3v) is 4.40. The third-order valence-electron chi connectivity index (χ3n) is 3.49. The van der Waals surface area contributed by atoms with Crippen LogP contribution >= 0.6 is 36.2 Å². The number of carbonyl (C=O) groups is 1. The standard InChI is InChI=1S/C15H18N4OS.2ClH/c1-11-9-19(7-6-16-11)14(20)8-12-10-21-15(18-12)13-4-2-3-5-17-13;;/h2-5,10-11,16H,6-9H2,1H3;2*1H. The minimum atomic E-state index is 0. The van der Waals surface area contributed by atoms with Crippen molar-refractivity contribution < 1.29 is 4.79 Å². The number of amides is 1. The van der Waals surface area contributed by atoms with Crippen LogP contribution in [-0.4, -0.2) is 46.5 Å². The average molecular weight is 375 g/mol. The second kappa shape index (κ2) is 9.17. The lowest BCUT2D eigenvalue weighted by atomic mass is 10.2. The van der Waals surface area contributed by atoms with E-state index in [0.717, 1.165) is 36.0 Å². The molecule has 5 nitrogen and oxygen atoms in total. The number of nitrogens with zero attached hydrogens (tertiary/aromatic N) is 3. The van der Waals surface area contributed by atoms with Crippen molar-refractivity contribution in [3.8, 4) is 10.7 Å². The molecule has 0 radical (unpaired) electrons. The van der Waals surface area contributed by atoms with E-state index in [2.05, 4.69) is 22.2 Å². The smallest absolute Gasteiger partial charge is 0.228 e. The van der Waals surface area contributed by atoms with Crippen molar-refractivity contribution in [3.63, 3.8) is 0 Å². The Bertz CT molecular complexity index is 623. The van der Waals surface area contributed by atoms with Gasteiger partial charge in [-0.3, -0.25) is 9.78 Å². The molecule has 126 valence electrons. The number of hydrogen-bond acceptors (Lipinski definition) is 5. The lowest BCUT2D eigenvalue weighted by Gasteiger charge is -2.31. The van der Waals surface area contributed by atoms with Crippen LogP contribution < -0.4 is 5.32 Å². The number of thiazole rings is 1. The van der Waals surface area contributed by atoms with Gasteiger partial charge in [0.05, 0.1) is 17.8 Å². The van der Waals surface area contributed by atoms with E-state index in [4.69, 9.17) is 0 Å². The van der Waals surface area contributed by atoms with E-state index < -0.39 is 0 Å². The first-order valence-electron chi connectivity index (χ1n) is 7.09. The van der Waals surface area contributed by atoms with Crippen LogP contribution in [0.25, 0.3) is 10.7 Å². The zero-order chi connectivity index (χ0) is 14.7. The van der Waals surface area contributed by atoms with E-state index in [1.807, 2.05) is 28.5 Å². The first-order chi connectivity index (χ1) is 10.2. The molecule has 0 spiro atoms. The van der Waals surface area contributed by atoms with Gasteiger partial charge in [-0.25, -0.2) is 4.98 Å². The van der Waals surface area contributed by atoms with Crippen LogP contribution in [0, 0.1) is 0 Å². The van der Waals surface area contributed by atoms with Crippen LogP contribution in [0.15, 0.2) is 29.8 Å². The number of pyridine rings is 1. The Balaban J connectivity index is 0.00000132. The van der Waals surface area contributed by atoms with Gasteiger partial charge in [0.1, 0.15) is 5.01 Å². The van der Waals surface area contributed by atoms with Crippen molar-refractivity contribution in [3.05, 3.63) is 35.5 Å². The molecule has 1 aliphatic heterocycles. The zero-order valence-corrected chi connectivity index (χ0v) is 15.2. The van der Waals surface area contributed by atoms with Crippen LogP contribution in [0.3, 0.4) is 0 Å². The Morgan fingerprint density at radius 1 is 1.43 bits per heavy atom. The summed E-state index contributed by atoms with van der Waals surface area (Å²) in [4.78, 5) is 23.0. The molecule has 1 N–H and O–H groups in total. The van der Waals surface area contributed by atoms with Crippen molar-refractivity contribution in [2.75, 3.05) is 19.6 Å². The highest BCUT2D eigenvalue weighted by Crippen LogP contribution is 2.21. The molecule has 23 heavy (non-hydrogen) atoms. The molecule has 1 atom stereocenters. The van der Waals surface area contributed by atoms with Gasteiger partial charge in [0.25, 0.3) is 0 Å². The van der Waals surface area contributed by atoms with Gasteiger partial charge in [0.15, 0.2) is 0 Å². The summed E-state index contributed by atoms with van der Waals surface area (Å²) in [5.74, 6) is 0.154. The van der Waals surface area contributed by atoms with E-state index in [1.54, 1.807) is 6.20 Å². The van der Waals surface area contributed by atoms with E-state index in [1.165, 1.54) is 11.3 Å². The lowest BCUT2D eigenvalue weighted by molar-refractivity contribution is -0.131. The van der Waals surface area contributed by atoms with Crippen LogP contribution in [0.4, 0.5) is 0 Å². The summed E-state index contributed by atoms with van der Waals surface area (Å²) >= 11 is 1.54. The maximum absolute atomic E-state index is 12.3. The molecule has 0 bridgehead atoms. The van der Waals surface area contributed by atoms with Crippen molar-refractivity contribution in [2.24, 2.45) is 0 Å². The Morgan fingerprint density at radius 3 is 2.96 bits per heavy atom. The summed E-state index contributed by atoms with van der Waals surface area (Å²) in [6.45, 7) is 4.51. The van der Waals surface area contributed by atoms with Gasteiger partial charge in [-0.05, 0) is 19.1 Å². The first kappa shape index (κ1) is 19.8. The van der Waals surface area contributed by atoms with Gasteiger partial charge in [-0.15, -0.1) is 36.2 Å². The van der Waals surface area contributed by atoms with Crippen LogP contribution in [-0.2, 0) is 11.2 Å². The molecule has 8 heteroatoms. The number of piperazine rings is 1. The minimum Gasteiger partial charge on any atom is -0.340 e. The molecule has 0 aromatic carbocycles. The molecule has 0 aliphatic carbocycles. The van der Waals surface area contributed by atoms with Gasteiger partial charge in [0.2, 0.25) is 5.91 Å². The van der Waals surface area contributed by atoms with Crippen molar-refractivity contribution in [1.82, 2.24) is 20.2 Å². The number of halogens is 2. The van der Waals surface area contributed by atoms with E-state index in [0.29, 0.717) is 12.5 Å². The van der Waals surface area contributed by atoms with E-state index >= 15 is 0 Å². The SMILES string of the molecule is CC1CN(C(=O)Cc2csc(-c3ccccn3)n2)CCN1.Cl.Cl. The Labute approximate surface area is 152 Å². The molecule has 0 saturated carbocycles. The molecule has 1 saturated heterocycles. The number of rotatable bonds is 3. The highest BCUT2D eigenvalue weighted by atomic mass is 35.5. The van der Waals surface area contributed by atoms with E-state index in [-0.39, 0.29) is 30.7 Å². The molecule has 3 rings (SSSR count). The normalized spacial score (nSPS) is 17.1. The molecular formula is C15H20Cl2N4OS. The molecular weight excluding hydrogens is 355 g/mol. The Kier molecular flexibility index (Phi) is 7.91. The van der Waals surface area contributed by atoms with Gasteiger partial charge in [-0.1, -0.05) is 6.07 Å². The molecule has 1 fully saturated rings. The van der Waals surface area contributed by atoms with Crippen LogP contribution in [0.1, 0.15) is 12.6 Å². The predicted molar refractivity (Wildman–Crippen MR) is 97.6 cm³/mol. The lowest BCUT2D eigenvalue weighted by Crippen LogP contribution is -2.51. The largest absolute Gasteiger partial charge is 0.340 e. The zero-order valence-electron chi connectivity index (χ0n) is 12.8. The summed E-state index contributed by atoms with van der Waals surface area (Å²) in [6, 6.07) is 6.12. The first-order valence-corrected chi connectivity index (χ1v) is 7.97. The number of aromatic nitrogens is 2. The van der Waals surface area contributed by atoms with Crippen LogP contribution in [0.2, 0.25) is 0 Å². The molecule has 1 aliphatic rings. The summed E-state index contributed by atoms with van der Waals surface area (Å²) in [5, 5.41) is 6.16. The van der Waals surface area contributed by atoms with Crippen molar-refractivity contribution >= 4 is 42.1 Å². The molecule has 1 unspecified atom stereocenters. The topological polar surface area (TPSA) is 58.1 Å². The van der Waals surface area contributed by atoms with E-state index in [9.17, 15) is 4.79 Å². The predicted octanol–water partition coefficient (Wildman–Crippen LogP) is 2.41. The van der Waals surface area contributed by atoms with Gasteiger partial charge < -0.3 is 10.2 Å². The number of carbonyl (C=O) groups excluding carboxylic acids is 1. The molecule has 2 aromatic heterocycles. The average Bonchev–Trinajstić information content (AvgIpc) is 2.97. The Morgan fingerprint density at radius 2 is 2.26 bits per heavy atom. The molecule has 2 aromatic rings. The van der Waals surface area contributed by atoms with Gasteiger partial charge >= 0.3 is 0 Å². The summed E-state index contributed by atoms with van der Waals surface area (Å²) in [5.41, 5.74) is 1.69. The number of nitrogens with one attached hydrogen (secondary N) is 1.